The highest BCUT2D eigenvalue weighted by Gasteiger charge is 2.21. The summed E-state index contributed by atoms with van der Waals surface area (Å²) in [4.78, 5) is 12.8. The molecular weight excluding hydrogens is 322 g/mol. The van der Waals surface area contributed by atoms with Gasteiger partial charge in [-0.05, 0) is 32.3 Å². The molecule has 0 saturated carbocycles. The fourth-order valence-electron chi connectivity index (χ4n) is 2.13. The number of hydrogen-bond acceptors (Lipinski definition) is 5. The Morgan fingerprint density at radius 1 is 1.60 bits per heavy atom. The molecule has 1 unspecified atom stereocenters. The molecule has 112 valence electrons. The van der Waals surface area contributed by atoms with Crippen molar-refractivity contribution in [1.82, 2.24) is 5.32 Å². The lowest BCUT2D eigenvalue weighted by atomic mass is 10.2. The van der Waals surface area contributed by atoms with E-state index in [0.29, 0.717) is 16.3 Å². The molecule has 0 aromatic carbocycles. The van der Waals surface area contributed by atoms with Crippen LogP contribution in [0.25, 0.3) is 0 Å². The summed E-state index contributed by atoms with van der Waals surface area (Å²) in [6, 6.07) is 1.32. The Morgan fingerprint density at radius 2 is 2.35 bits per heavy atom. The second-order valence-electron chi connectivity index (χ2n) is 4.65. The van der Waals surface area contributed by atoms with Crippen LogP contribution < -0.4 is 5.32 Å². The molecule has 1 atom stereocenters. The first-order chi connectivity index (χ1) is 9.38. The zero-order valence-electron chi connectivity index (χ0n) is 11.0. The van der Waals surface area contributed by atoms with Gasteiger partial charge in [-0.3, -0.25) is 4.79 Å². The summed E-state index contributed by atoms with van der Waals surface area (Å²) in [5, 5.41) is 2.77. The molecule has 2 rings (SSSR count). The highest BCUT2D eigenvalue weighted by molar-refractivity contribution is 8.13. The monoisotopic (exact) mass is 337 g/mol. The minimum atomic E-state index is -3.80. The number of carbonyl (C=O) groups is 1. The van der Waals surface area contributed by atoms with Crippen molar-refractivity contribution in [2.75, 3.05) is 13.2 Å². The molecule has 1 aliphatic rings. The second-order valence-corrected chi connectivity index (χ2v) is 8.44. The van der Waals surface area contributed by atoms with Crippen LogP contribution in [0.3, 0.4) is 0 Å². The maximum absolute atomic E-state index is 11.9. The third kappa shape index (κ3) is 3.94. The van der Waals surface area contributed by atoms with Gasteiger partial charge in [-0.25, -0.2) is 8.42 Å². The maximum Gasteiger partial charge on any atom is 0.262 e. The van der Waals surface area contributed by atoms with Gasteiger partial charge >= 0.3 is 0 Å². The molecule has 1 aromatic heterocycles. The van der Waals surface area contributed by atoms with Crippen molar-refractivity contribution >= 4 is 37.0 Å². The summed E-state index contributed by atoms with van der Waals surface area (Å²) >= 11 is 1.13. The van der Waals surface area contributed by atoms with E-state index in [-0.39, 0.29) is 16.9 Å². The number of amides is 1. The fraction of sp³-hybridized carbons (Fsp3) is 0.583. The minimum Gasteiger partial charge on any atom is -0.378 e. The van der Waals surface area contributed by atoms with Gasteiger partial charge in [0.15, 0.2) is 0 Å². The smallest absolute Gasteiger partial charge is 0.262 e. The largest absolute Gasteiger partial charge is 0.378 e. The van der Waals surface area contributed by atoms with Gasteiger partial charge in [-0.15, -0.1) is 11.3 Å². The van der Waals surface area contributed by atoms with Crippen molar-refractivity contribution in [3.8, 4) is 0 Å². The SMILES string of the molecule is Cc1sc(C(=O)NCCC2CCCO2)cc1S(=O)(=O)Cl. The fourth-order valence-corrected chi connectivity index (χ4v) is 4.70. The lowest BCUT2D eigenvalue weighted by Gasteiger charge is -2.09. The van der Waals surface area contributed by atoms with Gasteiger partial charge in [-0.1, -0.05) is 0 Å². The number of carbonyl (C=O) groups excluding carboxylic acids is 1. The van der Waals surface area contributed by atoms with Crippen LogP contribution in [0.5, 0.6) is 0 Å². The Bertz CT molecular complexity index is 591. The van der Waals surface area contributed by atoms with Crippen LogP contribution in [0, 0.1) is 6.92 Å². The Hall–Kier alpha value is -0.630. The average Bonchev–Trinajstić information content (AvgIpc) is 2.97. The Labute approximate surface area is 126 Å². The van der Waals surface area contributed by atoms with E-state index < -0.39 is 9.05 Å². The number of halogens is 1. The van der Waals surface area contributed by atoms with Gasteiger partial charge in [0.1, 0.15) is 0 Å². The predicted octanol–water partition coefficient (Wildman–Crippen LogP) is 2.28. The summed E-state index contributed by atoms with van der Waals surface area (Å²) in [7, 11) is 1.51. The van der Waals surface area contributed by atoms with Gasteiger partial charge in [-0.2, -0.15) is 0 Å². The topological polar surface area (TPSA) is 72.5 Å². The van der Waals surface area contributed by atoms with Crippen molar-refractivity contribution in [2.45, 2.75) is 37.2 Å². The quantitative estimate of drug-likeness (QED) is 0.837. The lowest BCUT2D eigenvalue weighted by Crippen LogP contribution is -2.26. The molecule has 1 aromatic rings. The molecule has 1 N–H and O–H groups in total. The molecule has 1 aliphatic heterocycles. The molecule has 0 radical (unpaired) electrons. The van der Waals surface area contributed by atoms with Crippen LogP contribution in [0.2, 0.25) is 0 Å². The molecule has 0 bridgehead atoms. The first-order valence-corrected chi connectivity index (χ1v) is 9.45. The number of rotatable bonds is 5. The van der Waals surface area contributed by atoms with E-state index in [1.807, 2.05) is 0 Å². The Morgan fingerprint density at radius 3 is 2.90 bits per heavy atom. The van der Waals surface area contributed by atoms with Crippen LogP contribution in [0.1, 0.15) is 33.8 Å². The molecule has 5 nitrogen and oxygen atoms in total. The van der Waals surface area contributed by atoms with Gasteiger partial charge < -0.3 is 10.1 Å². The van der Waals surface area contributed by atoms with Crippen molar-refractivity contribution in [1.29, 1.82) is 0 Å². The maximum atomic E-state index is 11.9. The minimum absolute atomic E-state index is 0.00782. The Balaban J connectivity index is 1.92. The van der Waals surface area contributed by atoms with Gasteiger partial charge in [0, 0.05) is 28.7 Å². The van der Waals surface area contributed by atoms with Crippen molar-refractivity contribution < 1.29 is 17.9 Å². The Kier molecular flexibility index (Phi) is 5.06. The third-order valence-electron chi connectivity index (χ3n) is 3.13. The number of nitrogens with one attached hydrogen (secondary N) is 1. The molecule has 1 fully saturated rings. The van der Waals surface area contributed by atoms with Crippen LogP contribution in [-0.2, 0) is 13.8 Å². The van der Waals surface area contributed by atoms with Crippen LogP contribution in [0.15, 0.2) is 11.0 Å². The van der Waals surface area contributed by atoms with Gasteiger partial charge in [0.25, 0.3) is 15.0 Å². The van der Waals surface area contributed by atoms with E-state index in [1.165, 1.54) is 6.07 Å². The lowest BCUT2D eigenvalue weighted by molar-refractivity contribution is 0.0910. The summed E-state index contributed by atoms with van der Waals surface area (Å²) < 4.78 is 28.1. The molecule has 1 amide bonds. The number of ether oxygens (including phenoxy) is 1. The zero-order valence-corrected chi connectivity index (χ0v) is 13.4. The first kappa shape index (κ1) is 15.8. The second kappa shape index (κ2) is 6.43. The predicted molar refractivity (Wildman–Crippen MR) is 78.0 cm³/mol. The molecule has 1 saturated heterocycles. The number of aryl methyl sites for hydroxylation is 1. The average molecular weight is 338 g/mol. The molecule has 8 heteroatoms. The number of thiophene rings is 1. The van der Waals surface area contributed by atoms with E-state index in [2.05, 4.69) is 5.32 Å². The third-order valence-corrected chi connectivity index (χ3v) is 5.76. The van der Waals surface area contributed by atoms with E-state index in [1.54, 1.807) is 6.92 Å². The molecule has 0 aliphatic carbocycles. The van der Waals surface area contributed by atoms with E-state index in [0.717, 1.165) is 37.2 Å². The van der Waals surface area contributed by atoms with Gasteiger partial charge in [0.2, 0.25) is 0 Å². The molecule has 20 heavy (non-hydrogen) atoms. The van der Waals surface area contributed by atoms with Crippen LogP contribution >= 0.6 is 22.0 Å². The van der Waals surface area contributed by atoms with Gasteiger partial charge in [0.05, 0.1) is 15.9 Å². The van der Waals surface area contributed by atoms with E-state index >= 15 is 0 Å². The van der Waals surface area contributed by atoms with Crippen LogP contribution in [-0.4, -0.2) is 33.6 Å². The molecular formula is C12H16ClNO4S2. The standard InChI is InChI=1S/C12H16ClNO4S2/c1-8-11(20(13,16)17)7-10(19-8)12(15)14-5-4-9-3-2-6-18-9/h7,9H,2-6H2,1H3,(H,14,15). The number of hydrogen-bond donors (Lipinski definition) is 1. The zero-order chi connectivity index (χ0) is 14.8. The normalized spacial score (nSPS) is 19.2. The van der Waals surface area contributed by atoms with Crippen molar-refractivity contribution in [2.24, 2.45) is 0 Å². The first-order valence-electron chi connectivity index (χ1n) is 6.33. The summed E-state index contributed by atoms with van der Waals surface area (Å²) in [5.74, 6) is -0.275. The summed E-state index contributed by atoms with van der Waals surface area (Å²) in [5.41, 5.74) is 0. The van der Waals surface area contributed by atoms with Crippen molar-refractivity contribution in [3.05, 3.63) is 15.8 Å². The van der Waals surface area contributed by atoms with Crippen molar-refractivity contribution in [3.63, 3.8) is 0 Å². The summed E-state index contributed by atoms with van der Waals surface area (Å²) in [6.07, 6.45) is 3.10. The van der Waals surface area contributed by atoms with E-state index in [9.17, 15) is 13.2 Å². The molecule has 2 heterocycles. The molecule has 0 spiro atoms. The summed E-state index contributed by atoms with van der Waals surface area (Å²) in [6.45, 7) is 2.94. The van der Waals surface area contributed by atoms with Crippen LogP contribution in [0.4, 0.5) is 0 Å². The van der Waals surface area contributed by atoms with E-state index in [4.69, 9.17) is 15.4 Å². The highest BCUT2D eigenvalue weighted by Crippen LogP contribution is 2.28. The highest BCUT2D eigenvalue weighted by atomic mass is 35.7.